The van der Waals surface area contributed by atoms with Crippen LogP contribution in [0, 0.1) is 0 Å². The van der Waals surface area contributed by atoms with Gasteiger partial charge in [-0.1, -0.05) is 4.89 Å². The summed E-state index contributed by atoms with van der Waals surface area (Å²) < 4.78 is 24.7. The van der Waals surface area contributed by atoms with Crippen molar-refractivity contribution in [3.05, 3.63) is 0 Å². The normalized spacial score (nSPS) is 11.2. The minimum atomic E-state index is -3.91. The predicted molar refractivity (Wildman–Crippen MR) is 37.2 cm³/mol. The molecule has 0 atom stereocenters. The molecular weight excluding hydrogens is 169 g/mol. The van der Waals surface area contributed by atoms with Gasteiger partial charge in [0.2, 0.25) is 0 Å². The second kappa shape index (κ2) is 5.48. The Morgan fingerprint density at radius 2 is 1.90 bits per heavy atom. The van der Waals surface area contributed by atoms with E-state index in [0.717, 1.165) is 4.89 Å². The summed E-state index contributed by atoms with van der Waals surface area (Å²) in [5, 5.41) is 7.88. The van der Waals surface area contributed by atoms with E-state index in [1.165, 1.54) is 13.8 Å². The second-order valence-corrected chi connectivity index (χ2v) is 2.97. The maximum absolute atomic E-state index is 10.2. The topological polar surface area (TPSA) is 75.6 Å². The molecule has 0 aliphatic rings. The quantitative estimate of drug-likeness (QED) is 0.430. The van der Waals surface area contributed by atoms with Gasteiger partial charge in [-0.25, -0.2) is 0 Å². The first-order valence-electron chi connectivity index (χ1n) is 2.32. The Kier molecular flexibility index (Phi) is 7.35. The fraction of sp³-hybridized carbons (Fsp3) is 1.00. The van der Waals surface area contributed by atoms with Gasteiger partial charge in [-0.05, 0) is 13.8 Å². The van der Waals surface area contributed by atoms with Crippen molar-refractivity contribution in [3.8, 4) is 0 Å². The third-order valence-electron chi connectivity index (χ3n) is 0.431. The SMILES string of the molecule is CC(C)OS(=O)(=O)NO.[NaH]. The Morgan fingerprint density at radius 3 is 2.00 bits per heavy atom. The molecule has 0 aromatic heterocycles. The summed E-state index contributed by atoms with van der Waals surface area (Å²) in [7, 11) is -3.91. The van der Waals surface area contributed by atoms with Crippen LogP contribution >= 0.6 is 0 Å². The molecule has 0 aromatic rings. The maximum atomic E-state index is 10.2. The van der Waals surface area contributed by atoms with Crippen molar-refractivity contribution in [1.82, 2.24) is 4.89 Å². The summed E-state index contributed by atoms with van der Waals surface area (Å²) in [5.41, 5.74) is 0. The van der Waals surface area contributed by atoms with Gasteiger partial charge in [0.25, 0.3) is 0 Å². The van der Waals surface area contributed by atoms with Crippen LogP contribution in [0.1, 0.15) is 13.8 Å². The van der Waals surface area contributed by atoms with Crippen LogP contribution in [0.3, 0.4) is 0 Å². The second-order valence-electron chi connectivity index (χ2n) is 1.69. The van der Waals surface area contributed by atoms with Gasteiger partial charge in [0, 0.05) is 0 Å². The number of rotatable bonds is 3. The molecule has 0 saturated heterocycles. The molecule has 2 N–H and O–H groups in total. The third kappa shape index (κ3) is 6.94. The first-order valence-corrected chi connectivity index (χ1v) is 3.73. The van der Waals surface area contributed by atoms with E-state index in [0.29, 0.717) is 0 Å². The van der Waals surface area contributed by atoms with Crippen molar-refractivity contribution in [2.75, 3.05) is 0 Å². The van der Waals surface area contributed by atoms with E-state index < -0.39 is 16.4 Å². The van der Waals surface area contributed by atoms with Gasteiger partial charge in [0.15, 0.2) is 0 Å². The van der Waals surface area contributed by atoms with Crippen LogP contribution in [0.2, 0.25) is 0 Å². The molecule has 0 fully saturated rings. The van der Waals surface area contributed by atoms with Gasteiger partial charge < -0.3 is 5.21 Å². The van der Waals surface area contributed by atoms with Crippen LogP contribution in [0.15, 0.2) is 0 Å². The average molecular weight is 179 g/mol. The molecule has 0 rings (SSSR count). The van der Waals surface area contributed by atoms with E-state index in [9.17, 15) is 8.42 Å². The number of nitrogens with one attached hydrogen (secondary N) is 1. The number of hydrogen-bond donors (Lipinski definition) is 2. The van der Waals surface area contributed by atoms with Crippen molar-refractivity contribution in [2.24, 2.45) is 0 Å². The van der Waals surface area contributed by atoms with Gasteiger partial charge in [-0.15, -0.1) is 0 Å². The Bertz CT molecular complexity index is 165. The zero-order chi connectivity index (χ0) is 7.49. The fourth-order valence-electron chi connectivity index (χ4n) is 0.275. The Morgan fingerprint density at radius 1 is 1.50 bits per heavy atom. The molecule has 0 radical (unpaired) electrons. The molecule has 0 heterocycles. The molecule has 5 nitrogen and oxygen atoms in total. The van der Waals surface area contributed by atoms with Crippen molar-refractivity contribution in [2.45, 2.75) is 20.0 Å². The zero-order valence-electron chi connectivity index (χ0n) is 5.16. The molecule has 10 heavy (non-hydrogen) atoms. The fourth-order valence-corrected chi connectivity index (χ4v) is 0.825. The monoisotopic (exact) mass is 179 g/mol. The first kappa shape index (κ1) is 13.4. The van der Waals surface area contributed by atoms with Crippen LogP contribution in [-0.4, -0.2) is 49.3 Å². The summed E-state index contributed by atoms with van der Waals surface area (Å²) in [6.45, 7) is 3.07. The predicted octanol–water partition coefficient (Wildman–Crippen LogP) is -1.01. The standard InChI is InChI=1S/C3H9NO4S.Na.H/c1-3(2)8-9(6,7)4-5;;/h3-5H,1-2H3;;. The summed E-state index contributed by atoms with van der Waals surface area (Å²) in [5.74, 6) is 0. The molecule has 0 unspecified atom stereocenters. The van der Waals surface area contributed by atoms with Crippen molar-refractivity contribution in [1.29, 1.82) is 0 Å². The zero-order valence-corrected chi connectivity index (χ0v) is 5.97. The van der Waals surface area contributed by atoms with E-state index >= 15 is 0 Å². The van der Waals surface area contributed by atoms with Gasteiger partial charge in [-0.3, -0.25) is 4.18 Å². The summed E-state index contributed by atoms with van der Waals surface area (Å²) in [6.07, 6.45) is -0.463. The summed E-state index contributed by atoms with van der Waals surface area (Å²) in [4.78, 5) is 1.02. The Labute approximate surface area is 82.3 Å². The third-order valence-corrected chi connectivity index (χ3v) is 1.29. The van der Waals surface area contributed by atoms with Gasteiger partial charge in [0.1, 0.15) is 0 Å². The molecular formula is C3H10NNaO4S. The molecule has 0 aliphatic carbocycles. The van der Waals surface area contributed by atoms with Crippen LogP contribution in [0.4, 0.5) is 0 Å². The molecule has 0 bridgehead atoms. The van der Waals surface area contributed by atoms with E-state index in [2.05, 4.69) is 4.18 Å². The molecule has 0 amide bonds. The van der Waals surface area contributed by atoms with E-state index in [4.69, 9.17) is 5.21 Å². The van der Waals surface area contributed by atoms with Crippen molar-refractivity contribution >= 4 is 39.9 Å². The molecule has 0 spiro atoms. The van der Waals surface area contributed by atoms with Crippen LogP contribution < -0.4 is 4.89 Å². The Hall–Kier alpha value is 0.830. The van der Waals surface area contributed by atoms with E-state index in [-0.39, 0.29) is 29.6 Å². The first-order chi connectivity index (χ1) is 3.98. The molecule has 58 valence electrons. The van der Waals surface area contributed by atoms with Gasteiger partial charge in [0.05, 0.1) is 6.10 Å². The number of hydrogen-bond acceptors (Lipinski definition) is 4. The summed E-state index contributed by atoms with van der Waals surface area (Å²) in [6, 6.07) is 0. The average Bonchev–Trinajstić information content (AvgIpc) is 1.63. The molecule has 7 heteroatoms. The van der Waals surface area contributed by atoms with Crippen LogP contribution in [0.5, 0.6) is 0 Å². The molecule has 0 saturated carbocycles. The molecule has 0 aromatic carbocycles. The van der Waals surface area contributed by atoms with Crippen LogP contribution in [0.25, 0.3) is 0 Å². The van der Waals surface area contributed by atoms with Crippen molar-refractivity contribution < 1.29 is 17.8 Å². The van der Waals surface area contributed by atoms with Gasteiger partial charge in [-0.2, -0.15) is 8.42 Å². The van der Waals surface area contributed by atoms with Gasteiger partial charge >= 0.3 is 39.9 Å². The minimum absolute atomic E-state index is 0. The van der Waals surface area contributed by atoms with E-state index in [1.54, 1.807) is 0 Å². The van der Waals surface area contributed by atoms with Crippen molar-refractivity contribution in [3.63, 3.8) is 0 Å². The van der Waals surface area contributed by atoms with E-state index in [1.807, 2.05) is 0 Å². The Balaban J connectivity index is 0. The van der Waals surface area contributed by atoms with Crippen LogP contribution in [-0.2, 0) is 14.5 Å². The molecule has 0 aliphatic heterocycles. The summed E-state index contributed by atoms with van der Waals surface area (Å²) >= 11 is 0.